The summed E-state index contributed by atoms with van der Waals surface area (Å²) in [5, 5.41) is 14.3. The highest BCUT2D eigenvalue weighted by Gasteiger charge is 2.30. The zero-order valence-corrected chi connectivity index (χ0v) is 15.4. The van der Waals surface area contributed by atoms with E-state index in [9.17, 15) is 9.90 Å². The van der Waals surface area contributed by atoms with Gasteiger partial charge >= 0.3 is 0 Å². The second-order valence-electron chi connectivity index (χ2n) is 7.04. The van der Waals surface area contributed by atoms with Crippen LogP contribution in [0, 0.1) is 0 Å². The number of fused-ring (bicyclic) bond motifs is 3. The Balaban J connectivity index is 1.72. The Morgan fingerprint density at radius 3 is 2.96 bits per heavy atom. The van der Waals surface area contributed by atoms with Gasteiger partial charge in [0.25, 0.3) is 0 Å². The number of aliphatic carboxylic acids is 1. The first-order valence-electron chi connectivity index (χ1n) is 9.33. The van der Waals surface area contributed by atoms with Gasteiger partial charge < -0.3 is 24.9 Å². The average molecular weight is 363 g/mol. The summed E-state index contributed by atoms with van der Waals surface area (Å²) < 4.78 is 5.29. The van der Waals surface area contributed by atoms with Crippen LogP contribution >= 0.6 is 0 Å². The van der Waals surface area contributed by atoms with Crippen molar-refractivity contribution in [1.82, 2.24) is 5.32 Å². The predicted octanol–water partition coefficient (Wildman–Crippen LogP) is 1.85. The van der Waals surface area contributed by atoms with Gasteiger partial charge in [-0.1, -0.05) is 18.2 Å². The van der Waals surface area contributed by atoms with E-state index in [0.29, 0.717) is 11.8 Å². The average Bonchev–Trinajstić information content (AvgIpc) is 2.85. The van der Waals surface area contributed by atoms with E-state index in [1.54, 1.807) is 13.2 Å². The Bertz CT molecular complexity index is 891. The molecule has 0 amide bonds. The van der Waals surface area contributed by atoms with Crippen molar-refractivity contribution >= 4 is 17.7 Å². The number of ether oxygens (including phenoxy) is 1. The van der Waals surface area contributed by atoms with E-state index in [0.717, 1.165) is 55.2 Å². The van der Waals surface area contributed by atoms with E-state index in [4.69, 9.17) is 4.74 Å². The Morgan fingerprint density at radius 1 is 1.26 bits per heavy atom. The minimum Gasteiger partial charge on any atom is -0.545 e. The minimum absolute atomic E-state index is 0.568. The lowest BCUT2D eigenvalue weighted by Crippen LogP contribution is -2.32. The van der Waals surface area contributed by atoms with Crippen molar-refractivity contribution in [2.75, 3.05) is 31.6 Å². The minimum atomic E-state index is -1.21. The van der Waals surface area contributed by atoms with Crippen molar-refractivity contribution in [3.8, 4) is 16.9 Å². The maximum absolute atomic E-state index is 10.9. The van der Waals surface area contributed by atoms with E-state index >= 15 is 0 Å². The number of rotatable bonds is 4. The van der Waals surface area contributed by atoms with Gasteiger partial charge in [0.05, 0.1) is 13.1 Å². The molecule has 0 spiro atoms. The molecule has 1 fully saturated rings. The van der Waals surface area contributed by atoms with E-state index in [1.807, 2.05) is 18.2 Å². The van der Waals surface area contributed by atoms with Crippen molar-refractivity contribution in [1.29, 1.82) is 0 Å². The summed E-state index contributed by atoms with van der Waals surface area (Å²) in [5.41, 5.74) is 5.57. The molecular formula is C22H23N2O3-. The van der Waals surface area contributed by atoms with E-state index in [1.165, 1.54) is 11.3 Å². The van der Waals surface area contributed by atoms with Crippen molar-refractivity contribution in [3.63, 3.8) is 0 Å². The summed E-state index contributed by atoms with van der Waals surface area (Å²) in [6.45, 7) is 3.13. The summed E-state index contributed by atoms with van der Waals surface area (Å²) >= 11 is 0. The Kier molecular flexibility index (Phi) is 4.86. The first kappa shape index (κ1) is 17.6. The second kappa shape index (κ2) is 7.45. The van der Waals surface area contributed by atoms with Crippen LogP contribution in [-0.2, 0) is 11.2 Å². The molecule has 0 aliphatic carbocycles. The second-order valence-corrected chi connectivity index (χ2v) is 7.04. The van der Waals surface area contributed by atoms with Crippen LogP contribution < -0.4 is 20.1 Å². The number of nitrogens with one attached hydrogen (secondary N) is 1. The summed E-state index contributed by atoms with van der Waals surface area (Å²) in [6.07, 6.45) is 4.85. The third-order valence-electron chi connectivity index (χ3n) is 5.44. The van der Waals surface area contributed by atoms with Gasteiger partial charge in [-0.05, 0) is 72.0 Å². The number of methoxy groups -OCH3 is 1. The largest absolute Gasteiger partial charge is 0.545 e. The molecule has 5 nitrogen and oxygen atoms in total. The molecule has 1 atom stereocenters. The molecule has 0 saturated carbocycles. The third-order valence-corrected chi connectivity index (χ3v) is 5.44. The van der Waals surface area contributed by atoms with Crippen molar-refractivity contribution in [2.24, 2.45) is 0 Å². The number of carboxylic acids is 1. The number of benzene rings is 2. The standard InChI is InChI=1S/C22H24N2O3/c1-27-19-4-5-20(16(14-19)3-7-22(25)26)15-2-6-21-17(12-15)13-18-8-9-23-10-11-24(18)21/h2-7,12,14,18,23H,8-11,13H2,1H3,(H,25,26)/p-1/b7-3+. The van der Waals surface area contributed by atoms with Gasteiger partial charge in [-0.15, -0.1) is 0 Å². The zero-order valence-electron chi connectivity index (χ0n) is 15.4. The molecule has 0 bridgehead atoms. The zero-order chi connectivity index (χ0) is 18.8. The SMILES string of the molecule is COc1ccc(-c2ccc3c(c2)CC2CCNCCN32)c(/C=C/C(=O)[O-])c1. The van der Waals surface area contributed by atoms with Gasteiger partial charge in [0.15, 0.2) is 0 Å². The summed E-state index contributed by atoms with van der Waals surface area (Å²) in [7, 11) is 1.60. The van der Waals surface area contributed by atoms with Gasteiger partial charge in [0.1, 0.15) is 5.75 Å². The molecule has 4 rings (SSSR count). The van der Waals surface area contributed by atoms with Crippen LogP contribution in [0.3, 0.4) is 0 Å². The van der Waals surface area contributed by atoms with Gasteiger partial charge in [0.2, 0.25) is 0 Å². The van der Waals surface area contributed by atoms with Crippen LogP contribution in [0.25, 0.3) is 17.2 Å². The molecule has 27 heavy (non-hydrogen) atoms. The molecule has 1 N–H and O–H groups in total. The fraction of sp³-hybridized carbons (Fsp3) is 0.318. The van der Waals surface area contributed by atoms with Gasteiger partial charge in [-0.2, -0.15) is 0 Å². The van der Waals surface area contributed by atoms with Crippen molar-refractivity contribution in [2.45, 2.75) is 18.9 Å². The summed E-state index contributed by atoms with van der Waals surface area (Å²) in [5.74, 6) is -0.516. The molecular weight excluding hydrogens is 340 g/mol. The fourth-order valence-corrected chi connectivity index (χ4v) is 4.14. The lowest BCUT2D eigenvalue weighted by Gasteiger charge is -2.24. The van der Waals surface area contributed by atoms with Crippen LogP contribution in [0.5, 0.6) is 5.75 Å². The Labute approximate surface area is 159 Å². The Hall–Kier alpha value is -2.79. The Morgan fingerprint density at radius 2 is 2.15 bits per heavy atom. The van der Waals surface area contributed by atoms with Crippen LogP contribution in [0.2, 0.25) is 0 Å². The lowest BCUT2D eigenvalue weighted by molar-refractivity contribution is -0.297. The first-order valence-corrected chi connectivity index (χ1v) is 9.33. The molecule has 1 saturated heterocycles. The fourth-order valence-electron chi connectivity index (χ4n) is 4.14. The molecule has 2 aromatic carbocycles. The van der Waals surface area contributed by atoms with Gasteiger partial charge in [-0.3, -0.25) is 0 Å². The highest BCUT2D eigenvalue weighted by molar-refractivity contribution is 5.87. The van der Waals surface area contributed by atoms with Crippen LogP contribution in [0.15, 0.2) is 42.5 Å². The number of carboxylic acid groups (broad SMARTS) is 1. The monoisotopic (exact) mass is 363 g/mol. The summed E-state index contributed by atoms with van der Waals surface area (Å²) in [4.78, 5) is 13.4. The molecule has 0 radical (unpaired) electrons. The van der Waals surface area contributed by atoms with Crippen molar-refractivity contribution < 1.29 is 14.6 Å². The predicted molar refractivity (Wildman–Crippen MR) is 105 cm³/mol. The smallest absolute Gasteiger partial charge is 0.119 e. The molecule has 5 heteroatoms. The molecule has 2 aliphatic heterocycles. The van der Waals surface area contributed by atoms with E-state index in [-0.39, 0.29) is 0 Å². The first-order chi connectivity index (χ1) is 13.2. The highest BCUT2D eigenvalue weighted by Crippen LogP contribution is 2.38. The maximum Gasteiger partial charge on any atom is 0.119 e. The number of carbonyl (C=O) groups is 1. The number of anilines is 1. The number of nitrogens with zero attached hydrogens (tertiary/aromatic N) is 1. The van der Waals surface area contributed by atoms with Crippen LogP contribution in [-0.4, -0.2) is 38.8 Å². The number of hydrogen-bond donors (Lipinski definition) is 1. The van der Waals surface area contributed by atoms with E-state index in [2.05, 4.69) is 28.4 Å². The highest BCUT2D eigenvalue weighted by atomic mass is 16.5. The normalized spacial score (nSPS) is 18.9. The molecule has 0 aromatic heterocycles. The maximum atomic E-state index is 10.9. The lowest BCUT2D eigenvalue weighted by atomic mass is 9.96. The molecule has 140 valence electrons. The summed E-state index contributed by atoms with van der Waals surface area (Å²) in [6, 6.07) is 12.9. The third kappa shape index (κ3) is 3.55. The van der Waals surface area contributed by atoms with Crippen LogP contribution in [0.1, 0.15) is 17.5 Å². The topological polar surface area (TPSA) is 64.6 Å². The van der Waals surface area contributed by atoms with Gasteiger partial charge in [0, 0.05) is 24.8 Å². The number of hydrogen-bond acceptors (Lipinski definition) is 5. The molecule has 2 aromatic rings. The van der Waals surface area contributed by atoms with E-state index < -0.39 is 5.97 Å². The number of carbonyl (C=O) groups excluding carboxylic acids is 1. The molecule has 2 heterocycles. The van der Waals surface area contributed by atoms with Gasteiger partial charge in [-0.25, -0.2) is 0 Å². The quantitative estimate of drug-likeness (QED) is 0.840. The van der Waals surface area contributed by atoms with Crippen molar-refractivity contribution in [3.05, 3.63) is 53.6 Å². The molecule has 2 aliphatic rings. The van der Waals surface area contributed by atoms with Crippen LogP contribution in [0.4, 0.5) is 5.69 Å². The molecule has 1 unspecified atom stereocenters.